The van der Waals surface area contributed by atoms with Crippen LogP contribution >= 0.6 is 11.8 Å². The van der Waals surface area contributed by atoms with Crippen LogP contribution in [0, 0.1) is 13.8 Å². The number of pyridine rings is 1. The largest absolute Gasteiger partial charge is 0.465 e. The van der Waals surface area contributed by atoms with E-state index in [1.807, 2.05) is 19.9 Å². The van der Waals surface area contributed by atoms with Gasteiger partial charge in [0.1, 0.15) is 11.6 Å². The van der Waals surface area contributed by atoms with Gasteiger partial charge >= 0.3 is 6.09 Å². The van der Waals surface area contributed by atoms with Crippen LogP contribution in [0.3, 0.4) is 0 Å². The Balaban J connectivity index is 1.59. The first-order chi connectivity index (χ1) is 13.0. The van der Waals surface area contributed by atoms with E-state index in [1.54, 1.807) is 6.07 Å². The average Bonchev–Trinajstić information content (AvgIpc) is 3.07. The third kappa shape index (κ3) is 3.89. The van der Waals surface area contributed by atoms with Crippen molar-refractivity contribution in [3.8, 4) is 0 Å². The van der Waals surface area contributed by atoms with Crippen LogP contribution in [-0.2, 0) is 10.5 Å². The molecule has 0 spiro atoms. The highest BCUT2D eigenvalue weighted by molar-refractivity contribution is 7.98. The first kappa shape index (κ1) is 18.1. The van der Waals surface area contributed by atoms with Gasteiger partial charge in [-0.15, -0.1) is 0 Å². The number of rotatable bonds is 5. The van der Waals surface area contributed by atoms with E-state index in [0.717, 1.165) is 35.7 Å². The van der Waals surface area contributed by atoms with Gasteiger partial charge in [0.2, 0.25) is 0 Å². The Morgan fingerprint density at radius 3 is 2.67 bits per heavy atom. The molecule has 2 unspecified atom stereocenters. The number of carboxylic acid groups (broad SMARTS) is 1. The van der Waals surface area contributed by atoms with Crippen LogP contribution in [0.5, 0.6) is 0 Å². The minimum absolute atomic E-state index is 0.334. The van der Waals surface area contributed by atoms with Gasteiger partial charge in [0, 0.05) is 17.5 Å². The molecule has 2 aliphatic heterocycles. The lowest BCUT2D eigenvalue weighted by atomic mass is 10.2. The molecule has 0 radical (unpaired) electrons. The predicted octanol–water partition coefficient (Wildman–Crippen LogP) is 3.44. The Hall–Kier alpha value is -2.26. The molecule has 2 saturated heterocycles. The van der Waals surface area contributed by atoms with Crippen LogP contribution in [0.25, 0.3) is 0 Å². The number of hydrogen-bond acceptors (Lipinski definition) is 7. The van der Waals surface area contributed by atoms with Gasteiger partial charge in [0.15, 0.2) is 0 Å². The summed E-state index contributed by atoms with van der Waals surface area (Å²) in [5.41, 5.74) is 2.64. The van der Waals surface area contributed by atoms with Crippen LogP contribution in [0.15, 0.2) is 21.8 Å². The first-order valence-corrected chi connectivity index (χ1v) is 9.92. The van der Waals surface area contributed by atoms with E-state index < -0.39 is 6.09 Å². The van der Waals surface area contributed by atoms with Crippen molar-refractivity contribution in [1.82, 2.24) is 9.97 Å². The minimum atomic E-state index is -1.12. The van der Waals surface area contributed by atoms with E-state index in [-0.39, 0.29) is 0 Å². The summed E-state index contributed by atoms with van der Waals surface area (Å²) < 4.78 is 11.3. The Bertz CT molecular complexity index is 820. The fourth-order valence-electron chi connectivity index (χ4n) is 3.66. The summed E-state index contributed by atoms with van der Waals surface area (Å²) in [7, 11) is 0. The van der Waals surface area contributed by atoms with E-state index in [0.29, 0.717) is 42.1 Å². The number of nitrogens with zero attached hydrogens (tertiary/aromatic N) is 3. The van der Waals surface area contributed by atoms with Crippen LogP contribution in [0.1, 0.15) is 30.0 Å². The molecule has 8 nitrogen and oxygen atoms in total. The Morgan fingerprint density at radius 2 is 2.04 bits per heavy atom. The lowest BCUT2D eigenvalue weighted by molar-refractivity contribution is 0.0906. The molecule has 2 aliphatic rings. The molecule has 9 heteroatoms. The highest BCUT2D eigenvalue weighted by atomic mass is 32.2. The maximum absolute atomic E-state index is 11.1. The maximum Gasteiger partial charge on any atom is 0.410 e. The number of aryl methyl sites for hydroxylation is 2. The number of morpholine rings is 1. The molecule has 2 atom stereocenters. The summed E-state index contributed by atoms with van der Waals surface area (Å²) in [5.74, 6) is 1.68. The Morgan fingerprint density at radius 1 is 1.30 bits per heavy atom. The molecule has 0 aromatic carbocycles. The Labute approximate surface area is 161 Å². The number of hydrogen-bond donors (Lipinski definition) is 2. The molecule has 2 N–H and O–H groups in total. The highest BCUT2D eigenvalue weighted by Crippen LogP contribution is 2.36. The number of ether oxygens (including phenoxy) is 1. The molecule has 144 valence electrons. The highest BCUT2D eigenvalue weighted by Gasteiger charge is 2.37. The van der Waals surface area contributed by atoms with Gasteiger partial charge in [-0.3, -0.25) is 5.32 Å². The summed E-state index contributed by atoms with van der Waals surface area (Å²) in [6, 6.07) is 4.50. The number of fused-ring (bicyclic) bond motifs is 2. The van der Waals surface area contributed by atoms with Gasteiger partial charge in [0.25, 0.3) is 5.22 Å². The van der Waals surface area contributed by atoms with E-state index in [2.05, 4.69) is 20.2 Å². The topological polar surface area (TPSA) is 101 Å². The van der Waals surface area contributed by atoms with Crippen molar-refractivity contribution in [2.45, 2.75) is 49.7 Å². The molecule has 0 aliphatic carbocycles. The number of carbonyl (C=O) groups is 1. The second kappa shape index (κ2) is 7.40. The lowest BCUT2D eigenvalue weighted by Gasteiger charge is -2.36. The smallest absolute Gasteiger partial charge is 0.410 e. The second-order valence-corrected chi connectivity index (χ2v) is 7.80. The molecule has 2 fully saturated rings. The van der Waals surface area contributed by atoms with E-state index in [4.69, 9.17) is 14.3 Å². The number of thioether (sulfide) groups is 1. The average molecular weight is 390 g/mol. The zero-order valence-corrected chi connectivity index (χ0v) is 16.1. The summed E-state index contributed by atoms with van der Waals surface area (Å²) in [4.78, 5) is 22.3. The monoisotopic (exact) mass is 390 g/mol. The molecule has 2 aromatic rings. The Kier molecular flexibility index (Phi) is 4.96. The quantitative estimate of drug-likeness (QED) is 0.749. The van der Waals surface area contributed by atoms with Crippen LogP contribution in [0.2, 0.25) is 0 Å². The zero-order valence-electron chi connectivity index (χ0n) is 15.3. The van der Waals surface area contributed by atoms with Gasteiger partial charge in [-0.2, -0.15) is 0 Å². The SMILES string of the molecule is Cc1nc(SCc2cc(N3C4CCC3COC4)cc(NC(=O)O)n2)oc1C. The first-order valence-electron chi connectivity index (χ1n) is 8.93. The van der Waals surface area contributed by atoms with Gasteiger partial charge in [-0.25, -0.2) is 14.8 Å². The van der Waals surface area contributed by atoms with Crippen molar-refractivity contribution < 1.29 is 19.1 Å². The fourth-order valence-corrected chi connectivity index (χ4v) is 4.46. The zero-order chi connectivity index (χ0) is 19.0. The molecule has 0 saturated carbocycles. The van der Waals surface area contributed by atoms with Crippen LogP contribution in [0.4, 0.5) is 16.3 Å². The fraction of sp³-hybridized carbons (Fsp3) is 0.500. The number of aromatic nitrogens is 2. The van der Waals surface area contributed by atoms with E-state index in [9.17, 15) is 4.79 Å². The van der Waals surface area contributed by atoms with E-state index >= 15 is 0 Å². The minimum Gasteiger partial charge on any atom is -0.465 e. The molecular weight excluding hydrogens is 368 g/mol. The summed E-state index contributed by atoms with van der Waals surface area (Å²) in [6.07, 6.45) is 1.06. The predicted molar refractivity (Wildman–Crippen MR) is 102 cm³/mol. The third-order valence-electron chi connectivity index (χ3n) is 4.99. The van der Waals surface area contributed by atoms with Crippen molar-refractivity contribution in [1.29, 1.82) is 0 Å². The van der Waals surface area contributed by atoms with Gasteiger partial charge in [0.05, 0.1) is 36.7 Å². The summed E-state index contributed by atoms with van der Waals surface area (Å²) in [5, 5.41) is 12.1. The molecular formula is C18H22N4O4S. The molecule has 4 heterocycles. The number of anilines is 2. The number of amides is 1. The lowest BCUT2D eigenvalue weighted by Crippen LogP contribution is -2.46. The van der Waals surface area contributed by atoms with Crippen molar-refractivity contribution in [3.05, 3.63) is 29.3 Å². The molecule has 2 bridgehead atoms. The molecule has 27 heavy (non-hydrogen) atoms. The van der Waals surface area contributed by atoms with Gasteiger partial charge in [-0.05, 0) is 32.8 Å². The van der Waals surface area contributed by atoms with Crippen molar-refractivity contribution in [2.75, 3.05) is 23.4 Å². The van der Waals surface area contributed by atoms with Crippen LogP contribution in [-0.4, -0.2) is 46.5 Å². The summed E-state index contributed by atoms with van der Waals surface area (Å²) in [6.45, 7) is 5.21. The maximum atomic E-state index is 11.1. The van der Waals surface area contributed by atoms with Crippen LogP contribution < -0.4 is 10.2 Å². The standard InChI is InChI=1S/C18H22N4O4S/c1-10-11(2)26-18(19-10)27-9-12-5-15(6-16(20-12)21-17(23)24)22-13-3-4-14(22)8-25-7-13/h5-6,13-14H,3-4,7-9H2,1-2H3,(H,20,21)(H,23,24). The summed E-state index contributed by atoms with van der Waals surface area (Å²) >= 11 is 1.45. The number of oxazole rings is 1. The molecule has 4 rings (SSSR count). The molecule has 1 amide bonds. The van der Waals surface area contributed by atoms with E-state index in [1.165, 1.54) is 11.8 Å². The van der Waals surface area contributed by atoms with Crippen molar-refractivity contribution in [2.24, 2.45) is 0 Å². The van der Waals surface area contributed by atoms with Gasteiger partial charge in [-0.1, -0.05) is 11.8 Å². The van der Waals surface area contributed by atoms with Crippen molar-refractivity contribution in [3.63, 3.8) is 0 Å². The number of nitrogens with one attached hydrogen (secondary N) is 1. The third-order valence-corrected chi connectivity index (χ3v) is 5.85. The normalized spacial score (nSPS) is 21.5. The second-order valence-electron chi connectivity index (χ2n) is 6.87. The van der Waals surface area contributed by atoms with Crippen molar-refractivity contribution >= 4 is 29.4 Å². The molecule has 2 aromatic heterocycles. The van der Waals surface area contributed by atoms with Gasteiger partial charge < -0.3 is 19.2 Å².